The van der Waals surface area contributed by atoms with Crippen LogP contribution in [0.25, 0.3) is 0 Å². The number of carbonyl (C=O) groups is 6. The average molecular weight is 546 g/mol. The van der Waals surface area contributed by atoms with Gasteiger partial charge in [0.15, 0.2) is 5.96 Å². The van der Waals surface area contributed by atoms with Crippen LogP contribution in [0.1, 0.15) is 51.4 Å². The normalized spacial score (nSPS) is 13.7. The third-order valence-corrected chi connectivity index (χ3v) is 5.19. The van der Waals surface area contributed by atoms with Crippen molar-refractivity contribution in [1.29, 1.82) is 0 Å². The van der Waals surface area contributed by atoms with Crippen molar-refractivity contribution >= 4 is 41.5 Å². The van der Waals surface area contributed by atoms with E-state index in [9.17, 15) is 39.0 Å². The first-order valence-electron chi connectivity index (χ1n) is 11.9. The number of aliphatic imine (C=N–C) groups is 1. The van der Waals surface area contributed by atoms with Gasteiger partial charge < -0.3 is 54.8 Å². The van der Waals surface area contributed by atoms with Gasteiger partial charge in [0, 0.05) is 13.0 Å². The fourth-order valence-electron chi connectivity index (χ4n) is 3.16. The first-order chi connectivity index (χ1) is 17.8. The van der Waals surface area contributed by atoms with Crippen molar-refractivity contribution in [3.63, 3.8) is 0 Å². The van der Waals surface area contributed by atoms with Crippen LogP contribution in [0.5, 0.6) is 0 Å². The number of carboxylic acids is 2. The quantitative estimate of drug-likeness (QED) is 0.0395. The summed E-state index contributed by atoms with van der Waals surface area (Å²) in [6, 6.07) is -5.46. The van der Waals surface area contributed by atoms with Gasteiger partial charge in [-0.2, -0.15) is 0 Å². The molecular formula is C21H39N9O8. The molecule has 0 aliphatic carbocycles. The minimum atomic E-state index is -1.66. The highest BCUT2D eigenvalue weighted by Gasteiger charge is 2.31. The Hall–Kier alpha value is -3.99. The van der Waals surface area contributed by atoms with Crippen molar-refractivity contribution < 1.29 is 39.0 Å². The van der Waals surface area contributed by atoms with E-state index in [1.807, 2.05) is 0 Å². The van der Waals surface area contributed by atoms with Gasteiger partial charge in [-0.3, -0.25) is 29.0 Å². The van der Waals surface area contributed by atoms with Gasteiger partial charge in [0.1, 0.15) is 18.1 Å². The Morgan fingerprint density at radius 3 is 1.82 bits per heavy atom. The fraction of sp³-hybridized carbons (Fsp3) is 0.667. The molecule has 0 rings (SSSR count). The van der Waals surface area contributed by atoms with Gasteiger partial charge >= 0.3 is 11.9 Å². The van der Waals surface area contributed by atoms with Crippen molar-refractivity contribution in [3.8, 4) is 0 Å². The number of nitrogens with zero attached hydrogens (tertiary/aromatic N) is 1. The molecule has 0 bridgehead atoms. The summed E-state index contributed by atoms with van der Waals surface area (Å²) in [6.07, 6.45) is -0.0133. The molecule has 0 aromatic rings. The first kappa shape index (κ1) is 34.0. The van der Waals surface area contributed by atoms with E-state index in [-0.39, 0.29) is 44.6 Å². The number of guanidine groups is 1. The number of hydrogen-bond acceptors (Lipinski definition) is 9. The summed E-state index contributed by atoms with van der Waals surface area (Å²) in [6.45, 7) is 0.415. The van der Waals surface area contributed by atoms with Crippen molar-refractivity contribution in [1.82, 2.24) is 16.0 Å². The molecule has 0 aromatic heterocycles. The van der Waals surface area contributed by atoms with Crippen molar-refractivity contribution in [2.45, 2.75) is 75.5 Å². The maximum absolute atomic E-state index is 13.0. The van der Waals surface area contributed by atoms with Crippen LogP contribution in [0.4, 0.5) is 0 Å². The predicted octanol–water partition coefficient (Wildman–Crippen LogP) is -4.22. The molecule has 0 heterocycles. The molecule has 0 saturated heterocycles. The number of unbranched alkanes of at least 4 members (excludes halogenated alkanes) is 1. The molecule has 0 saturated carbocycles. The lowest BCUT2D eigenvalue weighted by Crippen LogP contribution is -2.57. The molecule has 0 fully saturated rings. The van der Waals surface area contributed by atoms with E-state index in [0.717, 1.165) is 0 Å². The van der Waals surface area contributed by atoms with Crippen LogP contribution in [-0.2, 0) is 28.8 Å². The van der Waals surface area contributed by atoms with Crippen LogP contribution >= 0.6 is 0 Å². The highest BCUT2D eigenvalue weighted by atomic mass is 16.4. The molecule has 4 atom stereocenters. The average Bonchev–Trinajstić information content (AvgIpc) is 2.82. The third kappa shape index (κ3) is 15.2. The van der Waals surface area contributed by atoms with E-state index in [2.05, 4.69) is 20.9 Å². The minimum Gasteiger partial charge on any atom is -0.481 e. The molecule has 0 aliphatic heterocycles. The number of primary amides is 1. The summed E-state index contributed by atoms with van der Waals surface area (Å²) < 4.78 is 0. The summed E-state index contributed by atoms with van der Waals surface area (Å²) in [7, 11) is 0. The first-order valence-corrected chi connectivity index (χ1v) is 11.9. The van der Waals surface area contributed by atoms with Crippen LogP contribution in [0.2, 0.25) is 0 Å². The zero-order valence-corrected chi connectivity index (χ0v) is 21.1. The summed E-state index contributed by atoms with van der Waals surface area (Å²) >= 11 is 0. The molecule has 4 amide bonds. The summed E-state index contributed by atoms with van der Waals surface area (Å²) in [5, 5.41) is 25.5. The van der Waals surface area contributed by atoms with Gasteiger partial charge in [-0.05, 0) is 45.1 Å². The number of rotatable bonds is 20. The number of amides is 4. The molecule has 38 heavy (non-hydrogen) atoms. The second-order valence-electron chi connectivity index (χ2n) is 8.46. The van der Waals surface area contributed by atoms with Crippen LogP contribution in [-0.4, -0.2) is 89.0 Å². The van der Waals surface area contributed by atoms with E-state index in [0.29, 0.717) is 19.4 Å². The number of hydrogen-bond donors (Lipinski definition) is 10. The van der Waals surface area contributed by atoms with E-state index in [1.54, 1.807) is 0 Å². The second kappa shape index (κ2) is 18.3. The molecule has 216 valence electrons. The Bertz CT molecular complexity index is 864. The Morgan fingerprint density at radius 2 is 1.29 bits per heavy atom. The SMILES string of the molecule is NCCCCC(NC(=O)C(CC(=O)O)NC(=O)C(CCCN=C(N)N)NC(=O)C(N)CCC(N)=O)C(=O)O. The Labute approximate surface area is 219 Å². The van der Waals surface area contributed by atoms with E-state index >= 15 is 0 Å². The van der Waals surface area contributed by atoms with Gasteiger partial charge in [-0.15, -0.1) is 0 Å². The second-order valence-corrected chi connectivity index (χ2v) is 8.46. The van der Waals surface area contributed by atoms with Gasteiger partial charge in [-0.1, -0.05) is 0 Å². The van der Waals surface area contributed by atoms with Gasteiger partial charge in [0.05, 0.1) is 12.5 Å². The maximum Gasteiger partial charge on any atom is 0.326 e. The maximum atomic E-state index is 13.0. The Balaban J connectivity index is 5.60. The van der Waals surface area contributed by atoms with Crippen LogP contribution in [0.15, 0.2) is 4.99 Å². The van der Waals surface area contributed by atoms with Crippen LogP contribution in [0.3, 0.4) is 0 Å². The monoisotopic (exact) mass is 545 g/mol. The smallest absolute Gasteiger partial charge is 0.326 e. The van der Waals surface area contributed by atoms with E-state index in [4.69, 9.17) is 28.7 Å². The molecule has 17 heteroatoms. The fourth-order valence-corrected chi connectivity index (χ4v) is 3.16. The summed E-state index contributed by atoms with van der Waals surface area (Å²) in [5.74, 6) is -6.41. The molecule has 0 aromatic carbocycles. The summed E-state index contributed by atoms with van der Waals surface area (Å²) in [4.78, 5) is 75.8. The molecule has 0 radical (unpaired) electrons. The number of carboxylic acid groups (broad SMARTS) is 2. The van der Waals surface area contributed by atoms with Gasteiger partial charge in [0.25, 0.3) is 0 Å². The zero-order chi connectivity index (χ0) is 29.3. The zero-order valence-electron chi connectivity index (χ0n) is 21.1. The topological polar surface area (TPSA) is 321 Å². The lowest BCUT2D eigenvalue weighted by atomic mass is 10.1. The molecule has 0 spiro atoms. The van der Waals surface area contributed by atoms with E-state index < -0.39 is 66.2 Å². The predicted molar refractivity (Wildman–Crippen MR) is 135 cm³/mol. The Kier molecular flexibility index (Phi) is 16.4. The van der Waals surface area contributed by atoms with Crippen molar-refractivity contribution in [2.75, 3.05) is 13.1 Å². The van der Waals surface area contributed by atoms with E-state index in [1.165, 1.54) is 0 Å². The standard InChI is InChI=1S/C21H39N9O8/c22-8-2-1-4-13(20(37)38)29-19(36)14(10-16(32)33)30-18(35)12(5-3-9-27-21(25)26)28-17(34)11(23)6-7-15(24)31/h11-14H,1-10,22-23H2,(H2,24,31)(H,28,34)(H,29,36)(H,30,35)(H,32,33)(H,37,38)(H4,25,26,27). The molecule has 0 aliphatic rings. The molecule has 4 unspecified atom stereocenters. The number of nitrogens with two attached hydrogens (primary N) is 5. The minimum absolute atomic E-state index is 0.0326. The lowest BCUT2D eigenvalue weighted by Gasteiger charge is -2.24. The largest absolute Gasteiger partial charge is 0.481 e. The van der Waals surface area contributed by atoms with Crippen molar-refractivity contribution in [3.05, 3.63) is 0 Å². The van der Waals surface area contributed by atoms with Gasteiger partial charge in [0.2, 0.25) is 23.6 Å². The highest BCUT2D eigenvalue weighted by molar-refractivity contribution is 5.95. The summed E-state index contributed by atoms with van der Waals surface area (Å²) in [5.41, 5.74) is 26.7. The third-order valence-electron chi connectivity index (χ3n) is 5.19. The highest BCUT2D eigenvalue weighted by Crippen LogP contribution is 2.06. The molecule has 15 N–H and O–H groups in total. The van der Waals surface area contributed by atoms with Gasteiger partial charge in [-0.25, -0.2) is 4.79 Å². The van der Waals surface area contributed by atoms with Crippen LogP contribution in [0, 0.1) is 0 Å². The Morgan fingerprint density at radius 1 is 0.737 bits per heavy atom. The lowest BCUT2D eigenvalue weighted by molar-refractivity contribution is -0.144. The molecule has 17 nitrogen and oxygen atoms in total. The number of carbonyl (C=O) groups excluding carboxylic acids is 4. The molecular weight excluding hydrogens is 506 g/mol. The number of nitrogens with one attached hydrogen (secondary N) is 3. The van der Waals surface area contributed by atoms with Crippen molar-refractivity contribution in [2.24, 2.45) is 33.7 Å². The number of aliphatic carboxylic acids is 2. The van der Waals surface area contributed by atoms with Crippen LogP contribution < -0.4 is 44.6 Å².